The van der Waals surface area contributed by atoms with Gasteiger partial charge in [0.15, 0.2) is 0 Å². The topological polar surface area (TPSA) is 52.6 Å². The summed E-state index contributed by atoms with van der Waals surface area (Å²) in [4.78, 5) is 25.1. The van der Waals surface area contributed by atoms with Gasteiger partial charge in [-0.15, -0.1) is 0 Å². The Balaban J connectivity index is 2.16. The molecule has 0 spiro atoms. The number of rotatable bonds is 22. The summed E-state index contributed by atoms with van der Waals surface area (Å²) in [5.41, 5.74) is 0.598. The van der Waals surface area contributed by atoms with Gasteiger partial charge < -0.3 is 9.47 Å². The minimum Gasteiger partial charge on any atom is -0.462 e. The Kier molecular flexibility index (Phi) is 19.1. The number of hydrogen-bond donors (Lipinski definition) is 0. The summed E-state index contributed by atoms with van der Waals surface area (Å²) in [5, 5.41) is 0. The molecule has 1 rings (SSSR count). The van der Waals surface area contributed by atoms with Crippen LogP contribution in [0, 0.1) is 5.92 Å². The second-order valence-corrected chi connectivity index (χ2v) is 10.3. The Morgan fingerprint density at radius 3 is 1.37 bits per heavy atom. The van der Waals surface area contributed by atoms with Crippen molar-refractivity contribution in [3.63, 3.8) is 0 Å². The minimum atomic E-state index is -0.440. The van der Waals surface area contributed by atoms with Crippen molar-refractivity contribution in [1.29, 1.82) is 0 Å². The molecule has 4 nitrogen and oxygen atoms in total. The van der Waals surface area contributed by atoms with Gasteiger partial charge in [0.2, 0.25) is 0 Å². The minimum absolute atomic E-state index is 0.298. The fraction of sp³-hybridized carbons (Fsp3) is 0.742. The van der Waals surface area contributed by atoms with Crippen molar-refractivity contribution in [3.05, 3.63) is 35.4 Å². The van der Waals surface area contributed by atoms with Gasteiger partial charge in [-0.05, 0) is 30.9 Å². The van der Waals surface area contributed by atoms with Crippen LogP contribution in [-0.2, 0) is 9.47 Å². The Morgan fingerprint density at radius 2 is 0.971 bits per heavy atom. The fourth-order valence-corrected chi connectivity index (χ4v) is 4.28. The van der Waals surface area contributed by atoms with Crippen LogP contribution in [0.5, 0.6) is 0 Å². The predicted octanol–water partition coefficient (Wildman–Crippen LogP) is 9.31. The van der Waals surface area contributed by atoms with E-state index in [4.69, 9.17) is 9.47 Å². The molecular weight excluding hydrogens is 436 g/mol. The Labute approximate surface area is 215 Å². The van der Waals surface area contributed by atoms with Gasteiger partial charge in [0.05, 0.1) is 24.3 Å². The molecule has 0 N–H and O–H groups in total. The summed E-state index contributed by atoms with van der Waals surface area (Å²) >= 11 is 0. The van der Waals surface area contributed by atoms with Crippen LogP contribution in [0.3, 0.4) is 0 Å². The summed E-state index contributed by atoms with van der Waals surface area (Å²) in [6.07, 6.45) is 20.8. The van der Waals surface area contributed by atoms with Crippen molar-refractivity contribution < 1.29 is 19.1 Å². The first-order chi connectivity index (χ1) is 17.1. The SMILES string of the molecule is CCCCCCCCCCCCCCOC(=O)c1ccccc1C(=O)OCCCCCCC(C)C. The van der Waals surface area contributed by atoms with E-state index >= 15 is 0 Å². The summed E-state index contributed by atoms with van der Waals surface area (Å²) in [6, 6.07) is 6.80. The van der Waals surface area contributed by atoms with Crippen LogP contribution in [0.1, 0.15) is 151 Å². The van der Waals surface area contributed by atoms with Crippen LogP contribution in [-0.4, -0.2) is 25.2 Å². The molecule has 0 saturated carbocycles. The monoisotopic (exact) mass is 488 g/mol. The fourth-order valence-electron chi connectivity index (χ4n) is 4.28. The number of carbonyl (C=O) groups is 2. The van der Waals surface area contributed by atoms with E-state index in [1.807, 2.05) is 0 Å². The largest absolute Gasteiger partial charge is 0.462 e. The summed E-state index contributed by atoms with van der Waals surface area (Å²) in [7, 11) is 0. The molecule has 0 aliphatic rings. The molecule has 1 aromatic carbocycles. The van der Waals surface area contributed by atoms with Crippen molar-refractivity contribution in [1.82, 2.24) is 0 Å². The van der Waals surface area contributed by atoms with Gasteiger partial charge >= 0.3 is 11.9 Å². The third-order valence-electron chi connectivity index (χ3n) is 6.51. The molecule has 0 saturated heterocycles. The van der Waals surface area contributed by atoms with Gasteiger partial charge in [0, 0.05) is 0 Å². The standard InChI is InChI=1S/C31H52O4/c1-4-5-6-7-8-9-10-11-12-13-15-20-25-34-30(32)28-23-18-19-24-29(28)31(33)35-26-21-16-14-17-22-27(2)3/h18-19,23-24,27H,4-17,20-22,25-26H2,1-3H3. The molecule has 0 atom stereocenters. The highest BCUT2D eigenvalue weighted by atomic mass is 16.5. The van der Waals surface area contributed by atoms with E-state index in [0.29, 0.717) is 24.3 Å². The zero-order chi connectivity index (χ0) is 25.6. The number of hydrogen-bond acceptors (Lipinski definition) is 4. The molecule has 0 radical (unpaired) electrons. The molecule has 0 aliphatic heterocycles. The molecule has 0 bridgehead atoms. The van der Waals surface area contributed by atoms with E-state index in [1.165, 1.54) is 77.0 Å². The molecule has 0 aliphatic carbocycles. The number of carbonyl (C=O) groups excluding carboxylic acids is 2. The lowest BCUT2D eigenvalue weighted by Gasteiger charge is -2.10. The van der Waals surface area contributed by atoms with Crippen LogP contribution in [0.15, 0.2) is 24.3 Å². The van der Waals surface area contributed by atoms with Gasteiger partial charge in [-0.2, -0.15) is 0 Å². The van der Waals surface area contributed by atoms with Crippen molar-refractivity contribution in [2.45, 2.75) is 130 Å². The predicted molar refractivity (Wildman–Crippen MR) is 146 cm³/mol. The van der Waals surface area contributed by atoms with E-state index in [1.54, 1.807) is 24.3 Å². The third kappa shape index (κ3) is 16.5. The quantitative estimate of drug-likeness (QED) is 0.120. The summed E-state index contributed by atoms with van der Waals surface area (Å²) < 4.78 is 10.9. The number of unbranched alkanes of at least 4 members (excludes halogenated alkanes) is 14. The van der Waals surface area contributed by atoms with Crippen molar-refractivity contribution >= 4 is 11.9 Å². The van der Waals surface area contributed by atoms with Gasteiger partial charge in [-0.25, -0.2) is 9.59 Å². The third-order valence-corrected chi connectivity index (χ3v) is 6.51. The first-order valence-electron chi connectivity index (χ1n) is 14.5. The average Bonchev–Trinajstić information content (AvgIpc) is 2.85. The zero-order valence-electron chi connectivity index (χ0n) is 23.0. The van der Waals surface area contributed by atoms with Crippen LogP contribution < -0.4 is 0 Å². The number of ether oxygens (including phenoxy) is 2. The lowest BCUT2D eigenvalue weighted by atomic mass is 10.0. The second kappa shape index (κ2) is 21.4. The maximum absolute atomic E-state index is 12.5. The maximum Gasteiger partial charge on any atom is 0.339 e. The highest BCUT2D eigenvalue weighted by molar-refractivity contribution is 6.03. The van der Waals surface area contributed by atoms with Crippen LogP contribution in [0.2, 0.25) is 0 Å². The van der Waals surface area contributed by atoms with Crippen LogP contribution >= 0.6 is 0 Å². The second-order valence-electron chi connectivity index (χ2n) is 10.3. The molecule has 1 aromatic rings. The molecule has 0 unspecified atom stereocenters. The van der Waals surface area contributed by atoms with E-state index < -0.39 is 11.9 Å². The van der Waals surface area contributed by atoms with E-state index in [-0.39, 0.29) is 0 Å². The van der Waals surface area contributed by atoms with E-state index in [2.05, 4.69) is 20.8 Å². The molecular formula is C31H52O4. The van der Waals surface area contributed by atoms with Crippen LogP contribution in [0.25, 0.3) is 0 Å². The first kappa shape index (κ1) is 31.2. The maximum atomic E-state index is 12.5. The highest BCUT2D eigenvalue weighted by Gasteiger charge is 2.18. The lowest BCUT2D eigenvalue weighted by molar-refractivity contribution is 0.0450. The highest BCUT2D eigenvalue weighted by Crippen LogP contribution is 2.15. The zero-order valence-corrected chi connectivity index (χ0v) is 23.0. The Morgan fingerprint density at radius 1 is 0.600 bits per heavy atom. The van der Waals surface area contributed by atoms with Gasteiger partial charge in [0.1, 0.15) is 0 Å². The Hall–Kier alpha value is -1.84. The smallest absolute Gasteiger partial charge is 0.339 e. The van der Waals surface area contributed by atoms with Gasteiger partial charge in [0.25, 0.3) is 0 Å². The first-order valence-corrected chi connectivity index (χ1v) is 14.5. The van der Waals surface area contributed by atoms with Crippen molar-refractivity contribution in [3.8, 4) is 0 Å². The van der Waals surface area contributed by atoms with Crippen molar-refractivity contribution in [2.75, 3.05) is 13.2 Å². The average molecular weight is 489 g/mol. The van der Waals surface area contributed by atoms with Crippen LogP contribution in [0.4, 0.5) is 0 Å². The summed E-state index contributed by atoms with van der Waals surface area (Å²) in [6.45, 7) is 7.53. The summed E-state index contributed by atoms with van der Waals surface area (Å²) in [5.74, 6) is -0.136. The lowest BCUT2D eigenvalue weighted by Crippen LogP contribution is -2.15. The van der Waals surface area contributed by atoms with Crippen molar-refractivity contribution in [2.24, 2.45) is 5.92 Å². The molecule has 0 amide bonds. The van der Waals surface area contributed by atoms with Gasteiger partial charge in [-0.1, -0.05) is 129 Å². The molecule has 4 heteroatoms. The number of benzene rings is 1. The van der Waals surface area contributed by atoms with E-state index in [0.717, 1.165) is 38.0 Å². The Bertz CT molecular complexity index is 668. The molecule has 0 fully saturated rings. The number of esters is 2. The molecule has 200 valence electrons. The molecule has 0 heterocycles. The molecule has 0 aromatic heterocycles. The van der Waals surface area contributed by atoms with E-state index in [9.17, 15) is 9.59 Å². The molecule has 35 heavy (non-hydrogen) atoms. The van der Waals surface area contributed by atoms with Gasteiger partial charge in [-0.3, -0.25) is 0 Å². The normalized spacial score (nSPS) is 11.1.